The van der Waals surface area contributed by atoms with Gasteiger partial charge in [0.15, 0.2) is 0 Å². The van der Waals surface area contributed by atoms with Gasteiger partial charge in [0, 0.05) is 15.5 Å². The summed E-state index contributed by atoms with van der Waals surface area (Å²) in [7, 11) is 0. The van der Waals surface area contributed by atoms with Crippen molar-refractivity contribution in [1.82, 2.24) is 9.97 Å². The molecule has 0 radical (unpaired) electrons. The molecule has 0 saturated carbocycles. The van der Waals surface area contributed by atoms with E-state index in [0.29, 0.717) is 0 Å². The summed E-state index contributed by atoms with van der Waals surface area (Å²) >= 11 is 3.51. The number of para-hydroxylation sites is 1. The van der Waals surface area contributed by atoms with Crippen LogP contribution in [0.5, 0.6) is 0 Å². The van der Waals surface area contributed by atoms with E-state index in [2.05, 4.69) is 50.3 Å². The summed E-state index contributed by atoms with van der Waals surface area (Å²) in [6.45, 7) is 2.07. The van der Waals surface area contributed by atoms with Crippen molar-refractivity contribution < 1.29 is 0 Å². The van der Waals surface area contributed by atoms with Crippen LogP contribution in [0.3, 0.4) is 0 Å². The van der Waals surface area contributed by atoms with E-state index >= 15 is 0 Å². The molecule has 1 N–H and O–H groups in total. The second kappa shape index (κ2) is 4.97. The van der Waals surface area contributed by atoms with E-state index in [0.717, 1.165) is 26.9 Å². The zero-order valence-corrected chi connectivity index (χ0v) is 12.0. The third-order valence-electron chi connectivity index (χ3n) is 2.93. The predicted molar refractivity (Wildman–Crippen MR) is 81.7 cm³/mol. The largest absolute Gasteiger partial charge is 0.340 e. The number of anilines is 2. The summed E-state index contributed by atoms with van der Waals surface area (Å²) in [5, 5.41) is 4.33. The van der Waals surface area contributed by atoms with Gasteiger partial charge in [-0.2, -0.15) is 0 Å². The molecule has 0 bridgehead atoms. The molecule has 3 rings (SSSR count). The number of rotatable bonds is 2. The smallest absolute Gasteiger partial charge is 0.141 e. The molecule has 0 aliphatic carbocycles. The number of aromatic nitrogens is 2. The lowest BCUT2D eigenvalue weighted by Crippen LogP contribution is -1.96. The molecule has 19 heavy (non-hydrogen) atoms. The van der Waals surface area contributed by atoms with Crippen LogP contribution in [0.25, 0.3) is 10.9 Å². The summed E-state index contributed by atoms with van der Waals surface area (Å²) in [6, 6.07) is 14.2. The second-order valence-electron chi connectivity index (χ2n) is 4.35. The third kappa shape index (κ3) is 2.44. The maximum atomic E-state index is 4.32. The number of halogens is 1. The highest BCUT2D eigenvalue weighted by atomic mass is 79.9. The summed E-state index contributed by atoms with van der Waals surface area (Å²) in [6.07, 6.45) is 1.57. The lowest BCUT2D eigenvalue weighted by atomic mass is 10.2. The van der Waals surface area contributed by atoms with Crippen LogP contribution in [0.15, 0.2) is 53.3 Å². The molecule has 0 amide bonds. The van der Waals surface area contributed by atoms with Crippen molar-refractivity contribution in [3.63, 3.8) is 0 Å². The Morgan fingerprint density at radius 2 is 1.79 bits per heavy atom. The van der Waals surface area contributed by atoms with Crippen molar-refractivity contribution in [3.05, 3.63) is 58.8 Å². The first-order chi connectivity index (χ1) is 9.24. The molecule has 0 atom stereocenters. The van der Waals surface area contributed by atoms with E-state index in [1.165, 1.54) is 5.56 Å². The number of nitrogens with zero attached hydrogens (tertiary/aromatic N) is 2. The minimum absolute atomic E-state index is 0.815. The molecular weight excluding hydrogens is 302 g/mol. The quantitative estimate of drug-likeness (QED) is 0.759. The van der Waals surface area contributed by atoms with Gasteiger partial charge in [0.25, 0.3) is 0 Å². The minimum Gasteiger partial charge on any atom is -0.340 e. The number of fused-ring (bicyclic) bond motifs is 1. The maximum Gasteiger partial charge on any atom is 0.141 e. The van der Waals surface area contributed by atoms with Crippen molar-refractivity contribution in [2.75, 3.05) is 5.32 Å². The Hall–Kier alpha value is -1.94. The first kappa shape index (κ1) is 12.1. The molecule has 0 fully saturated rings. The highest BCUT2D eigenvalue weighted by Gasteiger charge is 2.06. The zero-order valence-electron chi connectivity index (χ0n) is 10.4. The standard InChI is InChI=1S/C15H12BrN3/c1-10-5-7-11(8-6-10)19-15-12-3-2-4-13(16)14(12)17-9-18-15/h2-9H,1H3,(H,17,18,19). The fourth-order valence-corrected chi connectivity index (χ4v) is 2.39. The Morgan fingerprint density at radius 1 is 1.00 bits per heavy atom. The fraction of sp³-hybridized carbons (Fsp3) is 0.0667. The van der Waals surface area contributed by atoms with Crippen LogP contribution in [-0.2, 0) is 0 Å². The minimum atomic E-state index is 0.815. The van der Waals surface area contributed by atoms with Crippen molar-refractivity contribution in [3.8, 4) is 0 Å². The SMILES string of the molecule is Cc1ccc(Nc2ncnc3c(Br)cccc23)cc1. The van der Waals surface area contributed by atoms with E-state index in [-0.39, 0.29) is 0 Å². The molecule has 3 aromatic rings. The molecule has 1 heterocycles. The van der Waals surface area contributed by atoms with Crippen molar-refractivity contribution in [1.29, 1.82) is 0 Å². The second-order valence-corrected chi connectivity index (χ2v) is 5.20. The average Bonchev–Trinajstić information content (AvgIpc) is 2.43. The number of hydrogen-bond acceptors (Lipinski definition) is 3. The van der Waals surface area contributed by atoms with E-state index in [9.17, 15) is 0 Å². The molecule has 0 saturated heterocycles. The topological polar surface area (TPSA) is 37.8 Å². The molecule has 2 aromatic carbocycles. The van der Waals surface area contributed by atoms with Gasteiger partial charge in [0.1, 0.15) is 12.1 Å². The zero-order chi connectivity index (χ0) is 13.2. The van der Waals surface area contributed by atoms with Gasteiger partial charge in [-0.3, -0.25) is 0 Å². The lowest BCUT2D eigenvalue weighted by Gasteiger charge is -2.09. The highest BCUT2D eigenvalue weighted by Crippen LogP contribution is 2.27. The molecule has 1 aromatic heterocycles. The van der Waals surface area contributed by atoms with Crippen LogP contribution in [-0.4, -0.2) is 9.97 Å². The van der Waals surface area contributed by atoms with Gasteiger partial charge in [0.05, 0.1) is 5.52 Å². The molecule has 3 nitrogen and oxygen atoms in total. The third-order valence-corrected chi connectivity index (χ3v) is 3.57. The number of hydrogen-bond donors (Lipinski definition) is 1. The number of aryl methyl sites for hydroxylation is 1. The fourth-order valence-electron chi connectivity index (χ4n) is 1.92. The van der Waals surface area contributed by atoms with Crippen LogP contribution in [0.1, 0.15) is 5.56 Å². The van der Waals surface area contributed by atoms with E-state index < -0.39 is 0 Å². The van der Waals surface area contributed by atoms with Crippen LogP contribution in [0.2, 0.25) is 0 Å². The molecule has 0 unspecified atom stereocenters. The Bertz CT molecular complexity index is 723. The summed E-state index contributed by atoms with van der Waals surface area (Å²) in [5.41, 5.74) is 3.17. The molecular formula is C15H12BrN3. The Morgan fingerprint density at radius 3 is 2.58 bits per heavy atom. The molecule has 0 spiro atoms. The predicted octanol–water partition coefficient (Wildman–Crippen LogP) is 4.44. The number of nitrogens with one attached hydrogen (secondary N) is 1. The van der Waals surface area contributed by atoms with Crippen molar-refractivity contribution >= 4 is 38.3 Å². The summed E-state index contributed by atoms with van der Waals surface area (Å²) in [4.78, 5) is 8.62. The highest BCUT2D eigenvalue weighted by molar-refractivity contribution is 9.10. The first-order valence-electron chi connectivity index (χ1n) is 5.97. The Balaban J connectivity index is 2.06. The Kier molecular flexibility index (Phi) is 3.17. The van der Waals surface area contributed by atoms with Crippen molar-refractivity contribution in [2.45, 2.75) is 6.92 Å². The average molecular weight is 314 g/mol. The number of benzene rings is 2. The van der Waals surface area contributed by atoms with Crippen LogP contribution in [0.4, 0.5) is 11.5 Å². The normalized spacial score (nSPS) is 10.6. The van der Waals surface area contributed by atoms with E-state index in [4.69, 9.17) is 0 Å². The monoisotopic (exact) mass is 313 g/mol. The summed E-state index contributed by atoms with van der Waals surface area (Å²) < 4.78 is 0.972. The lowest BCUT2D eigenvalue weighted by molar-refractivity contribution is 1.21. The van der Waals surface area contributed by atoms with Crippen LogP contribution in [0, 0.1) is 6.92 Å². The van der Waals surface area contributed by atoms with E-state index in [1.807, 2.05) is 30.3 Å². The van der Waals surface area contributed by atoms with Crippen LogP contribution < -0.4 is 5.32 Å². The molecule has 0 aliphatic heterocycles. The first-order valence-corrected chi connectivity index (χ1v) is 6.76. The Labute approximate surface area is 119 Å². The van der Waals surface area contributed by atoms with E-state index in [1.54, 1.807) is 6.33 Å². The van der Waals surface area contributed by atoms with Crippen molar-refractivity contribution in [2.24, 2.45) is 0 Å². The van der Waals surface area contributed by atoms with Crippen LogP contribution >= 0.6 is 15.9 Å². The molecule has 4 heteroatoms. The van der Waals surface area contributed by atoms with Gasteiger partial charge >= 0.3 is 0 Å². The van der Waals surface area contributed by atoms with Gasteiger partial charge < -0.3 is 5.32 Å². The van der Waals surface area contributed by atoms with Gasteiger partial charge in [0.2, 0.25) is 0 Å². The summed E-state index contributed by atoms with van der Waals surface area (Å²) in [5.74, 6) is 0.815. The molecule has 94 valence electrons. The van der Waals surface area contributed by atoms with Gasteiger partial charge in [-0.25, -0.2) is 9.97 Å². The van der Waals surface area contributed by atoms with Gasteiger partial charge in [-0.05, 0) is 47.1 Å². The maximum absolute atomic E-state index is 4.32. The molecule has 0 aliphatic rings. The van der Waals surface area contributed by atoms with Gasteiger partial charge in [-0.15, -0.1) is 0 Å². The van der Waals surface area contributed by atoms with Gasteiger partial charge in [-0.1, -0.05) is 23.8 Å².